The third-order valence-corrected chi connectivity index (χ3v) is 6.86. The minimum atomic E-state index is -0.713. The Hall–Kier alpha value is -1.87. The molecule has 3 heteroatoms. The maximum absolute atomic E-state index is 10.7. The van der Waals surface area contributed by atoms with Gasteiger partial charge in [0.05, 0.1) is 6.10 Å². The number of carbonyl (C=O) groups is 1. The third-order valence-electron chi connectivity index (χ3n) is 6.86. The highest BCUT2D eigenvalue weighted by Gasteiger charge is 2.45. The number of unbranched alkanes of at least 4 members (excludes halogenated alkanes) is 1. The second-order valence-electron chi connectivity index (χ2n) is 8.64. The predicted octanol–water partition coefficient (Wildman–Crippen LogP) is 5.57. The molecule has 2 unspecified atom stereocenters. The van der Waals surface area contributed by atoms with E-state index in [4.69, 9.17) is 5.11 Å². The zero-order chi connectivity index (χ0) is 19.9. The molecule has 1 aromatic carbocycles. The number of fused-ring (bicyclic) bond motifs is 2. The van der Waals surface area contributed by atoms with Gasteiger partial charge in [0.25, 0.3) is 0 Å². The molecule has 2 aliphatic carbocycles. The Balaban J connectivity index is 1.54. The smallest absolute Gasteiger partial charge is 0.303 e. The van der Waals surface area contributed by atoms with Crippen LogP contribution < -0.4 is 0 Å². The molecule has 0 radical (unpaired) electrons. The number of carboxylic acids is 1. The van der Waals surface area contributed by atoms with E-state index >= 15 is 0 Å². The molecule has 2 aliphatic rings. The summed E-state index contributed by atoms with van der Waals surface area (Å²) in [7, 11) is 0. The molecule has 0 aliphatic heterocycles. The molecule has 6 atom stereocenters. The number of hydrogen-bond donors (Lipinski definition) is 2. The maximum Gasteiger partial charge on any atom is 0.303 e. The molecule has 152 valence electrons. The molecule has 2 fully saturated rings. The van der Waals surface area contributed by atoms with Crippen molar-refractivity contribution >= 4 is 5.97 Å². The highest BCUT2D eigenvalue weighted by atomic mass is 16.4. The van der Waals surface area contributed by atoms with E-state index in [0.29, 0.717) is 11.8 Å². The molecule has 3 rings (SSSR count). The molecular formula is C25H34O3. The summed E-state index contributed by atoms with van der Waals surface area (Å²) in [6.07, 6.45) is 15.2. The van der Waals surface area contributed by atoms with E-state index < -0.39 is 12.1 Å². The number of aliphatic hydroxyl groups is 1. The lowest BCUT2D eigenvalue weighted by Crippen LogP contribution is -2.21. The van der Waals surface area contributed by atoms with Crippen LogP contribution in [0.3, 0.4) is 0 Å². The first-order valence-corrected chi connectivity index (χ1v) is 10.8. The molecule has 0 amide bonds. The number of allylic oxidation sites excluding steroid dienone is 3. The van der Waals surface area contributed by atoms with Gasteiger partial charge in [0.2, 0.25) is 0 Å². The highest BCUT2D eigenvalue weighted by Crippen LogP contribution is 2.54. The normalized spacial score (nSPS) is 28.9. The van der Waals surface area contributed by atoms with Gasteiger partial charge in [-0.15, -0.1) is 0 Å². The zero-order valence-corrected chi connectivity index (χ0v) is 16.9. The van der Waals surface area contributed by atoms with Crippen LogP contribution in [0, 0.1) is 23.7 Å². The van der Waals surface area contributed by atoms with Gasteiger partial charge in [-0.3, -0.25) is 4.79 Å². The van der Waals surface area contributed by atoms with Gasteiger partial charge in [-0.2, -0.15) is 0 Å². The summed E-state index contributed by atoms with van der Waals surface area (Å²) < 4.78 is 0. The van der Waals surface area contributed by atoms with Gasteiger partial charge in [0, 0.05) is 12.3 Å². The summed E-state index contributed by atoms with van der Waals surface area (Å²) in [5.41, 5.74) is 1.17. The van der Waals surface area contributed by atoms with Crippen molar-refractivity contribution in [3.05, 3.63) is 60.2 Å². The van der Waals surface area contributed by atoms with Crippen molar-refractivity contribution in [1.82, 2.24) is 0 Å². The van der Waals surface area contributed by atoms with Crippen LogP contribution in [0.5, 0.6) is 0 Å². The largest absolute Gasteiger partial charge is 0.481 e. The lowest BCUT2D eigenvalue weighted by molar-refractivity contribution is -0.137. The number of hydrogen-bond acceptors (Lipinski definition) is 2. The van der Waals surface area contributed by atoms with E-state index in [2.05, 4.69) is 37.3 Å². The van der Waals surface area contributed by atoms with E-state index in [1.165, 1.54) is 24.8 Å². The maximum atomic E-state index is 10.7. The number of aliphatic carboxylic acids is 1. The molecule has 28 heavy (non-hydrogen) atoms. The number of benzene rings is 1. The fourth-order valence-corrected chi connectivity index (χ4v) is 5.21. The summed E-state index contributed by atoms with van der Waals surface area (Å²) in [5.74, 6) is 2.21. The Morgan fingerprint density at radius 1 is 1.18 bits per heavy atom. The van der Waals surface area contributed by atoms with E-state index in [0.717, 1.165) is 31.1 Å². The molecule has 0 heterocycles. The highest BCUT2D eigenvalue weighted by molar-refractivity contribution is 5.66. The number of aliphatic hydroxyl groups excluding tert-OH is 1. The standard InChI is InChI=1S/C25H34O3/c1-18(19-9-5-4-6-10-19)24(26)16-15-23-21-14-13-20(17-21)22(23)11-7-2-3-8-12-25(27)28/h2,4-7,9-10,15-16,18,20-24,26H,3,8,11-14,17H2,1H3,(H,27,28)/t18?,20-,21+,22-,23+,24?/m1/s1. The zero-order valence-electron chi connectivity index (χ0n) is 16.9. The first-order valence-electron chi connectivity index (χ1n) is 10.8. The molecule has 0 aromatic heterocycles. The van der Waals surface area contributed by atoms with Crippen LogP contribution in [0.2, 0.25) is 0 Å². The molecule has 0 spiro atoms. The molecule has 2 N–H and O–H groups in total. The summed E-state index contributed by atoms with van der Waals surface area (Å²) in [5, 5.41) is 19.4. The predicted molar refractivity (Wildman–Crippen MR) is 113 cm³/mol. The van der Waals surface area contributed by atoms with Crippen molar-refractivity contribution < 1.29 is 15.0 Å². The van der Waals surface area contributed by atoms with Crippen LogP contribution in [0.1, 0.15) is 63.4 Å². The number of rotatable bonds is 10. The fraction of sp³-hybridized carbons (Fsp3) is 0.560. The Morgan fingerprint density at radius 3 is 2.68 bits per heavy atom. The van der Waals surface area contributed by atoms with Gasteiger partial charge < -0.3 is 10.2 Å². The average molecular weight is 383 g/mol. The van der Waals surface area contributed by atoms with Crippen molar-refractivity contribution in [2.45, 2.75) is 63.9 Å². The average Bonchev–Trinajstić information content (AvgIpc) is 3.30. The Morgan fingerprint density at radius 2 is 1.93 bits per heavy atom. The van der Waals surface area contributed by atoms with Crippen molar-refractivity contribution in [3.8, 4) is 0 Å². The van der Waals surface area contributed by atoms with Crippen LogP contribution in [0.4, 0.5) is 0 Å². The topological polar surface area (TPSA) is 57.5 Å². The summed E-state index contributed by atoms with van der Waals surface area (Å²) in [6, 6.07) is 10.2. The van der Waals surface area contributed by atoms with Gasteiger partial charge in [0.1, 0.15) is 0 Å². The van der Waals surface area contributed by atoms with E-state index in [9.17, 15) is 9.90 Å². The minimum absolute atomic E-state index is 0.101. The van der Waals surface area contributed by atoms with Gasteiger partial charge >= 0.3 is 5.97 Å². The van der Waals surface area contributed by atoms with Crippen molar-refractivity contribution in [3.63, 3.8) is 0 Å². The first kappa shape index (κ1) is 20.9. The molecule has 0 saturated heterocycles. The molecule has 3 nitrogen and oxygen atoms in total. The van der Waals surface area contributed by atoms with E-state index in [1.54, 1.807) is 0 Å². The third kappa shape index (κ3) is 5.35. The second-order valence-corrected chi connectivity index (χ2v) is 8.64. The van der Waals surface area contributed by atoms with Gasteiger partial charge in [-0.05, 0) is 67.8 Å². The van der Waals surface area contributed by atoms with Crippen LogP contribution in [-0.4, -0.2) is 22.3 Å². The lowest BCUT2D eigenvalue weighted by atomic mass is 9.77. The van der Waals surface area contributed by atoms with Crippen LogP contribution in [-0.2, 0) is 4.79 Å². The number of carboxylic acid groups (broad SMARTS) is 1. The Bertz CT molecular complexity index is 678. The SMILES string of the molecule is CC(c1ccccc1)C(O)C=C[C@H]1[C@H]2CC[C@H](C2)[C@H]1CC=CCCCC(=O)O. The van der Waals surface area contributed by atoms with Crippen LogP contribution in [0.25, 0.3) is 0 Å². The summed E-state index contributed by atoms with van der Waals surface area (Å²) in [4.78, 5) is 10.6. The molecule has 2 saturated carbocycles. The summed E-state index contributed by atoms with van der Waals surface area (Å²) >= 11 is 0. The lowest BCUT2D eigenvalue weighted by Gasteiger charge is -2.28. The monoisotopic (exact) mass is 382 g/mol. The minimum Gasteiger partial charge on any atom is -0.481 e. The summed E-state index contributed by atoms with van der Waals surface area (Å²) in [6.45, 7) is 2.09. The first-order chi connectivity index (χ1) is 13.6. The van der Waals surface area contributed by atoms with Crippen LogP contribution in [0.15, 0.2) is 54.6 Å². The van der Waals surface area contributed by atoms with Crippen molar-refractivity contribution in [2.24, 2.45) is 23.7 Å². The van der Waals surface area contributed by atoms with E-state index in [-0.39, 0.29) is 12.3 Å². The molecule has 2 bridgehead atoms. The Kier molecular flexibility index (Phi) is 7.50. The van der Waals surface area contributed by atoms with Gasteiger partial charge in [-0.1, -0.05) is 61.6 Å². The fourth-order valence-electron chi connectivity index (χ4n) is 5.21. The van der Waals surface area contributed by atoms with E-state index in [1.807, 2.05) is 24.3 Å². The van der Waals surface area contributed by atoms with Gasteiger partial charge in [-0.25, -0.2) is 0 Å². The van der Waals surface area contributed by atoms with Crippen molar-refractivity contribution in [2.75, 3.05) is 0 Å². The van der Waals surface area contributed by atoms with Crippen molar-refractivity contribution in [1.29, 1.82) is 0 Å². The molecule has 1 aromatic rings. The molecular weight excluding hydrogens is 348 g/mol. The van der Waals surface area contributed by atoms with Gasteiger partial charge in [0.15, 0.2) is 0 Å². The Labute approximate surface area is 169 Å². The second kappa shape index (κ2) is 10.1. The quantitative estimate of drug-likeness (QED) is 0.411. The van der Waals surface area contributed by atoms with Crippen LogP contribution >= 0.6 is 0 Å².